The molecule has 1 aromatic carbocycles. The average Bonchev–Trinajstić information content (AvgIpc) is 2.18. The Balaban J connectivity index is 0.000000500. The molecule has 0 aromatic heterocycles. The SMILES string of the molecule is CCC.CCCOc1ccc(O)cc1. The maximum atomic E-state index is 8.93. The molecule has 1 N–H and O–H groups in total. The molecule has 0 bridgehead atoms. The number of ether oxygens (including phenoxy) is 1. The van der Waals surface area contributed by atoms with Crippen LogP contribution in [-0.4, -0.2) is 11.7 Å². The van der Waals surface area contributed by atoms with Crippen LogP contribution in [0.3, 0.4) is 0 Å². The van der Waals surface area contributed by atoms with Gasteiger partial charge < -0.3 is 9.84 Å². The van der Waals surface area contributed by atoms with Crippen LogP contribution in [-0.2, 0) is 0 Å². The summed E-state index contributed by atoms with van der Waals surface area (Å²) in [5, 5.41) is 8.93. The summed E-state index contributed by atoms with van der Waals surface area (Å²) in [6.45, 7) is 7.03. The summed E-state index contributed by atoms with van der Waals surface area (Å²) in [7, 11) is 0. The van der Waals surface area contributed by atoms with E-state index in [1.807, 2.05) is 0 Å². The Labute approximate surface area is 86.5 Å². The van der Waals surface area contributed by atoms with Crippen molar-refractivity contribution in [3.8, 4) is 11.5 Å². The molecule has 1 aromatic rings. The molecule has 80 valence electrons. The Hall–Kier alpha value is -1.18. The Morgan fingerprint density at radius 2 is 1.57 bits per heavy atom. The van der Waals surface area contributed by atoms with Crippen molar-refractivity contribution in [2.24, 2.45) is 0 Å². The number of phenols is 1. The van der Waals surface area contributed by atoms with Crippen molar-refractivity contribution in [3.63, 3.8) is 0 Å². The van der Waals surface area contributed by atoms with E-state index in [1.54, 1.807) is 24.3 Å². The minimum atomic E-state index is 0.272. The van der Waals surface area contributed by atoms with Crippen LogP contribution in [0, 0.1) is 0 Å². The van der Waals surface area contributed by atoms with Crippen molar-refractivity contribution < 1.29 is 9.84 Å². The fourth-order valence-electron chi connectivity index (χ4n) is 0.762. The van der Waals surface area contributed by atoms with Crippen LogP contribution < -0.4 is 4.74 Å². The average molecular weight is 196 g/mol. The van der Waals surface area contributed by atoms with E-state index in [1.165, 1.54) is 6.42 Å². The molecule has 0 spiro atoms. The summed E-state index contributed by atoms with van der Waals surface area (Å²) in [6, 6.07) is 6.74. The third-order valence-corrected chi connectivity index (χ3v) is 1.31. The number of phenolic OH excluding ortho intramolecular Hbond substituents is 1. The standard InChI is InChI=1S/C9H12O2.C3H8/c1-2-7-11-9-5-3-8(10)4-6-9;1-3-2/h3-6,10H,2,7H2,1H3;3H2,1-2H3. The molecule has 0 aliphatic rings. The Morgan fingerprint density at radius 3 is 2.00 bits per heavy atom. The van der Waals surface area contributed by atoms with E-state index < -0.39 is 0 Å². The summed E-state index contributed by atoms with van der Waals surface area (Å²) in [6.07, 6.45) is 2.25. The lowest BCUT2D eigenvalue weighted by Gasteiger charge is -2.02. The molecule has 2 heteroatoms. The van der Waals surface area contributed by atoms with Gasteiger partial charge in [0.25, 0.3) is 0 Å². The second-order valence-corrected chi connectivity index (χ2v) is 3.05. The molecule has 0 aliphatic heterocycles. The van der Waals surface area contributed by atoms with Crippen molar-refractivity contribution in [2.45, 2.75) is 33.6 Å². The maximum Gasteiger partial charge on any atom is 0.119 e. The van der Waals surface area contributed by atoms with Gasteiger partial charge in [0.1, 0.15) is 11.5 Å². The van der Waals surface area contributed by atoms with E-state index in [0.29, 0.717) is 0 Å². The number of hydrogen-bond donors (Lipinski definition) is 1. The van der Waals surface area contributed by atoms with Crippen molar-refractivity contribution >= 4 is 0 Å². The minimum absolute atomic E-state index is 0.272. The second-order valence-electron chi connectivity index (χ2n) is 3.05. The van der Waals surface area contributed by atoms with Gasteiger partial charge in [0.2, 0.25) is 0 Å². The van der Waals surface area contributed by atoms with E-state index in [0.717, 1.165) is 18.8 Å². The van der Waals surface area contributed by atoms with Gasteiger partial charge in [-0.2, -0.15) is 0 Å². The van der Waals surface area contributed by atoms with Crippen LogP contribution in [0.1, 0.15) is 33.6 Å². The molecule has 1 rings (SSSR count). The van der Waals surface area contributed by atoms with Crippen LogP contribution in [0.4, 0.5) is 0 Å². The lowest BCUT2D eigenvalue weighted by molar-refractivity contribution is 0.317. The maximum absolute atomic E-state index is 8.93. The smallest absolute Gasteiger partial charge is 0.119 e. The quantitative estimate of drug-likeness (QED) is 0.800. The number of hydrogen-bond acceptors (Lipinski definition) is 2. The highest BCUT2D eigenvalue weighted by Gasteiger charge is 1.91. The zero-order valence-electron chi connectivity index (χ0n) is 9.29. The number of rotatable bonds is 3. The molecule has 0 fully saturated rings. The summed E-state index contributed by atoms with van der Waals surface area (Å²) >= 11 is 0. The first kappa shape index (κ1) is 12.8. The van der Waals surface area contributed by atoms with Crippen molar-refractivity contribution in [1.29, 1.82) is 0 Å². The van der Waals surface area contributed by atoms with Gasteiger partial charge in [-0.25, -0.2) is 0 Å². The predicted octanol–water partition coefficient (Wildman–Crippen LogP) is 3.60. The van der Waals surface area contributed by atoms with Gasteiger partial charge in [-0.05, 0) is 30.7 Å². The van der Waals surface area contributed by atoms with E-state index >= 15 is 0 Å². The lowest BCUT2D eigenvalue weighted by Crippen LogP contribution is -1.93. The first-order valence-electron chi connectivity index (χ1n) is 5.16. The van der Waals surface area contributed by atoms with Gasteiger partial charge in [-0.1, -0.05) is 27.2 Å². The fourth-order valence-corrected chi connectivity index (χ4v) is 0.762. The van der Waals surface area contributed by atoms with Crippen LogP contribution in [0.25, 0.3) is 0 Å². The van der Waals surface area contributed by atoms with E-state index in [4.69, 9.17) is 9.84 Å². The molecular weight excluding hydrogens is 176 g/mol. The number of benzene rings is 1. The fraction of sp³-hybridized carbons (Fsp3) is 0.500. The van der Waals surface area contributed by atoms with Crippen LogP contribution in [0.5, 0.6) is 11.5 Å². The Morgan fingerprint density at radius 1 is 1.07 bits per heavy atom. The monoisotopic (exact) mass is 196 g/mol. The molecule has 0 saturated carbocycles. The van der Waals surface area contributed by atoms with Gasteiger partial charge in [0.05, 0.1) is 6.61 Å². The molecule has 0 heterocycles. The second kappa shape index (κ2) is 8.42. The summed E-state index contributed by atoms with van der Waals surface area (Å²) in [5.74, 6) is 1.08. The largest absolute Gasteiger partial charge is 0.508 e. The minimum Gasteiger partial charge on any atom is -0.508 e. The highest BCUT2D eigenvalue weighted by molar-refractivity contribution is 5.29. The molecule has 2 nitrogen and oxygen atoms in total. The predicted molar refractivity (Wildman–Crippen MR) is 59.9 cm³/mol. The highest BCUT2D eigenvalue weighted by atomic mass is 16.5. The molecule has 0 radical (unpaired) electrons. The first-order valence-corrected chi connectivity index (χ1v) is 5.16. The summed E-state index contributed by atoms with van der Waals surface area (Å²) in [4.78, 5) is 0. The van der Waals surface area contributed by atoms with Crippen molar-refractivity contribution in [2.75, 3.05) is 6.61 Å². The van der Waals surface area contributed by atoms with Gasteiger partial charge in [0, 0.05) is 0 Å². The van der Waals surface area contributed by atoms with E-state index in [2.05, 4.69) is 20.8 Å². The normalized spacial score (nSPS) is 8.79. The molecule has 14 heavy (non-hydrogen) atoms. The molecule has 0 atom stereocenters. The molecular formula is C12H20O2. The first-order chi connectivity index (χ1) is 6.74. The van der Waals surface area contributed by atoms with Crippen LogP contribution in [0.15, 0.2) is 24.3 Å². The van der Waals surface area contributed by atoms with E-state index in [-0.39, 0.29) is 5.75 Å². The third kappa shape index (κ3) is 6.35. The molecule has 0 amide bonds. The molecule has 0 unspecified atom stereocenters. The van der Waals surface area contributed by atoms with Crippen molar-refractivity contribution in [1.82, 2.24) is 0 Å². The van der Waals surface area contributed by atoms with Crippen LogP contribution >= 0.6 is 0 Å². The zero-order chi connectivity index (χ0) is 10.8. The van der Waals surface area contributed by atoms with Gasteiger partial charge in [-0.3, -0.25) is 0 Å². The zero-order valence-corrected chi connectivity index (χ0v) is 9.29. The van der Waals surface area contributed by atoms with Gasteiger partial charge >= 0.3 is 0 Å². The van der Waals surface area contributed by atoms with Crippen LogP contribution in [0.2, 0.25) is 0 Å². The van der Waals surface area contributed by atoms with Gasteiger partial charge in [-0.15, -0.1) is 0 Å². The summed E-state index contributed by atoms with van der Waals surface area (Å²) in [5.41, 5.74) is 0. The van der Waals surface area contributed by atoms with Crippen molar-refractivity contribution in [3.05, 3.63) is 24.3 Å². The third-order valence-electron chi connectivity index (χ3n) is 1.31. The van der Waals surface area contributed by atoms with Gasteiger partial charge in [0.15, 0.2) is 0 Å². The van der Waals surface area contributed by atoms with E-state index in [9.17, 15) is 0 Å². The topological polar surface area (TPSA) is 29.5 Å². The highest BCUT2D eigenvalue weighted by Crippen LogP contribution is 2.15. The Bertz CT molecular complexity index is 216. The Kier molecular flexibility index (Phi) is 7.71. The molecule has 0 aliphatic carbocycles. The summed E-state index contributed by atoms with van der Waals surface area (Å²) < 4.78 is 5.30. The number of aromatic hydroxyl groups is 1. The lowest BCUT2D eigenvalue weighted by atomic mass is 10.3. The molecule has 0 saturated heterocycles.